The van der Waals surface area contributed by atoms with Gasteiger partial charge < -0.3 is 14.8 Å². The maximum Gasteiger partial charge on any atom is 0.348 e. The number of rotatable bonds is 5. The molecule has 1 heterocycles. The second-order valence-corrected chi connectivity index (χ2v) is 7.01. The number of benzene rings is 1. The Labute approximate surface area is 163 Å². The van der Waals surface area contributed by atoms with Crippen LogP contribution in [0.25, 0.3) is 6.08 Å². The summed E-state index contributed by atoms with van der Waals surface area (Å²) in [4.78, 5) is 24.3. The van der Waals surface area contributed by atoms with E-state index < -0.39 is 11.9 Å². The van der Waals surface area contributed by atoms with Gasteiger partial charge in [-0.3, -0.25) is 4.79 Å². The number of nitriles is 1. The van der Waals surface area contributed by atoms with Gasteiger partial charge in [0, 0.05) is 16.1 Å². The highest BCUT2D eigenvalue weighted by Gasteiger charge is 2.21. The standard InChI is InChI=1S/C18H15BrN2O4S/c1-10-13(9-20)17(26-16(10)18(23)25-3)21-15(22)7-4-11-8-12(19)5-6-14(11)24-2/h4-8H,1-3H3,(H,21,22)/b7-4+. The summed E-state index contributed by atoms with van der Waals surface area (Å²) in [6.07, 6.45) is 2.94. The summed E-state index contributed by atoms with van der Waals surface area (Å²) >= 11 is 4.38. The average molecular weight is 435 g/mol. The van der Waals surface area contributed by atoms with E-state index in [0.717, 1.165) is 21.4 Å². The molecule has 0 unspecified atom stereocenters. The van der Waals surface area contributed by atoms with Crippen LogP contribution in [-0.4, -0.2) is 26.1 Å². The molecule has 0 bridgehead atoms. The van der Waals surface area contributed by atoms with E-state index in [-0.39, 0.29) is 10.4 Å². The minimum atomic E-state index is -0.543. The summed E-state index contributed by atoms with van der Waals surface area (Å²) in [5.74, 6) is -0.352. The molecule has 1 amide bonds. The molecule has 26 heavy (non-hydrogen) atoms. The van der Waals surface area contributed by atoms with Gasteiger partial charge in [-0.2, -0.15) is 5.26 Å². The third-order valence-electron chi connectivity index (χ3n) is 3.47. The molecule has 8 heteroatoms. The van der Waals surface area contributed by atoms with Crippen molar-refractivity contribution in [3.05, 3.63) is 50.3 Å². The van der Waals surface area contributed by atoms with Gasteiger partial charge in [0.25, 0.3) is 0 Å². The van der Waals surface area contributed by atoms with Gasteiger partial charge in [0.15, 0.2) is 0 Å². The number of esters is 1. The Morgan fingerprint density at radius 1 is 1.35 bits per heavy atom. The number of methoxy groups -OCH3 is 2. The molecule has 0 saturated heterocycles. The molecule has 0 spiro atoms. The molecule has 0 radical (unpaired) electrons. The topological polar surface area (TPSA) is 88.4 Å². The van der Waals surface area contributed by atoms with Crippen LogP contribution in [0.15, 0.2) is 28.7 Å². The summed E-state index contributed by atoms with van der Waals surface area (Å²) in [5, 5.41) is 12.2. The molecular weight excluding hydrogens is 420 g/mol. The maximum atomic E-state index is 12.2. The number of carbonyl (C=O) groups excluding carboxylic acids is 2. The first-order valence-corrected chi connectivity index (χ1v) is 8.96. The minimum Gasteiger partial charge on any atom is -0.496 e. The van der Waals surface area contributed by atoms with Crippen molar-refractivity contribution in [1.29, 1.82) is 5.26 Å². The minimum absolute atomic E-state index is 0.247. The van der Waals surface area contributed by atoms with Gasteiger partial charge in [-0.1, -0.05) is 15.9 Å². The molecule has 0 aliphatic carbocycles. The smallest absolute Gasteiger partial charge is 0.348 e. The van der Waals surface area contributed by atoms with Crippen LogP contribution in [0.2, 0.25) is 0 Å². The zero-order valence-corrected chi connectivity index (χ0v) is 16.7. The number of anilines is 1. The zero-order chi connectivity index (χ0) is 19.3. The Morgan fingerprint density at radius 2 is 2.08 bits per heavy atom. The van der Waals surface area contributed by atoms with Crippen LogP contribution in [0, 0.1) is 18.3 Å². The van der Waals surface area contributed by atoms with Crippen molar-refractivity contribution >= 4 is 50.2 Å². The van der Waals surface area contributed by atoms with Gasteiger partial charge in [0.2, 0.25) is 5.91 Å². The van der Waals surface area contributed by atoms with Gasteiger partial charge in [-0.25, -0.2) is 4.79 Å². The largest absolute Gasteiger partial charge is 0.496 e. The number of amides is 1. The summed E-state index contributed by atoms with van der Waals surface area (Å²) in [6.45, 7) is 1.64. The first-order chi connectivity index (χ1) is 12.4. The Balaban J connectivity index is 2.25. The quantitative estimate of drug-likeness (QED) is 0.564. The molecule has 0 saturated carbocycles. The van der Waals surface area contributed by atoms with Crippen LogP contribution >= 0.6 is 27.3 Å². The van der Waals surface area contributed by atoms with E-state index in [1.165, 1.54) is 13.2 Å². The Bertz CT molecular complexity index is 928. The lowest BCUT2D eigenvalue weighted by molar-refractivity contribution is -0.111. The summed E-state index contributed by atoms with van der Waals surface area (Å²) in [6, 6.07) is 7.43. The van der Waals surface area contributed by atoms with Gasteiger partial charge in [-0.15, -0.1) is 11.3 Å². The fourth-order valence-electron chi connectivity index (χ4n) is 2.18. The molecule has 1 aromatic carbocycles. The maximum absolute atomic E-state index is 12.2. The highest BCUT2D eigenvalue weighted by molar-refractivity contribution is 9.10. The third-order valence-corrected chi connectivity index (χ3v) is 5.15. The van der Waals surface area contributed by atoms with Crippen molar-refractivity contribution in [3.63, 3.8) is 0 Å². The molecule has 1 aromatic heterocycles. The number of carbonyl (C=O) groups is 2. The number of halogens is 1. The molecule has 1 N–H and O–H groups in total. The van der Waals surface area contributed by atoms with Crippen molar-refractivity contribution < 1.29 is 19.1 Å². The number of hydrogen-bond acceptors (Lipinski definition) is 6. The molecule has 0 atom stereocenters. The van der Waals surface area contributed by atoms with Crippen molar-refractivity contribution in [2.45, 2.75) is 6.92 Å². The molecule has 0 aliphatic heterocycles. The second-order valence-electron chi connectivity index (χ2n) is 5.07. The lowest BCUT2D eigenvalue weighted by Gasteiger charge is -2.05. The third kappa shape index (κ3) is 4.31. The van der Waals surface area contributed by atoms with E-state index in [2.05, 4.69) is 21.2 Å². The highest BCUT2D eigenvalue weighted by Crippen LogP contribution is 2.33. The monoisotopic (exact) mass is 434 g/mol. The fraction of sp³-hybridized carbons (Fsp3) is 0.167. The van der Waals surface area contributed by atoms with Gasteiger partial charge >= 0.3 is 5.97 Å². The number of hydrogen-bond donors (Lipinski definition) is 1. The lowest BCUT2D eigenvalue weighted by Crippen LogP contribution is -2.07. The molecule has 2 aromatic rings. The zero-order valence-electron chi connectivity index (χ0n) is 14.3. The first-order valence-electron chi connectivity index (χ1n) is 7.35. The van der Waals surface area contributed by atoms with E-state index in [1.54, 1.807) is 26.2 Å². The molecular formula is C18H15BrN2O4S. The van der Waals surface area contributed by atoms with Crippen molar-refractivity contribution in [2.75, 3.05) is 19.5 Å². The van der Waals surface area contributed by atoms with E-state index in [1.807, 2.05) is 18.2 Å². The molecule has 2 rings (SSSR count). The van der Waals surface area contributed by atoms with Crippen LogP contribution < -0.4 is 10.1 Å². The SMILES string of the molecule is COC(=O)c1sc(NC(=O)/C=C/c2cc(Br)ccc2OC)c(C#N)c1C. The number of nitrogens with one attached hydrogen (secondary N) is 1. The summed E-state index contributed by atoms with van der Waals surface area (Å²) < 4.78 is 10.8. The summed E-state index contributed by atoms with van der Waals surface area (Å²) in [7, 11) is 2.81. The van der Waals surface area contributed by atoms with Crippen LogP contribution in [0.4, 0.5) is 5.00 Å². The average Bonchev–Trinajstić information content (AvgIpc) is 2.94. The predicted molar refractivity (Wildman–Crippen MR) is 103 cm³/mol. The fourth-order valence-corrected chi connectivity index (χ4v) is 3.64. The number of nitrogens with zero attached hydrogens (tertiary/aromatic N) is 1. The van der Waals surface area contributed by atoms with E-state index in [0.29, 0.717) is 16.3 Å². The lowest BCUT2D eigenvalue weighted by atomic mass is 10.1. The van der Waals surface area contributed by atoms with E-state index >= 15 is 0 Å². The Kier molecular flexibility index (Phi) is 6.55. The van der Waals surface area contributed by atoms with Crippen LogP contribution in [0.1, 0.15) is 26.4 Å². The normalized spacial score (nSPS) is 10.4. The molecule has 134 valence electrons. The number of thiophene rings is 1. The van der Waals surface area contributed by atoms with Gasteiger partial charge in [0.05, 0.1) is 19.8 Å². The summed E-state index contributed by atoms with van der Waals surface area (Å²) in [5.41, 5.74) is 1.45. The van der Waals surface area contributed by atoms with E-state index in [9.17, 15) is 14.9 Å². The molecule has 6 nitrogen and oxygen atoms in total. The number of ether oxygens (including phenoxy) is 2. The Morgan fingerprint density at radius 3 is 2.69 bits per heavy atom. The van der Waals surface area contributed by atoms with Crippen LogP contribution in [0.5, 0.6) is 5.75 Å². The van der Waals surface area contributed by atoms with Crippen molar-refractivity contribution in [1.82, 2.24) is 0 Å². The van der Waals surface area contributed by atoms with Gasteiger partial charge in [-0.05, 0) is 36.8 Å². The predicted octanol–water partition coefficient (Wildman–Crippen LogP) is 4.14. The van der Waals surface area contributed by atoms with Crippen molar-refractivity contribution in [2.24, 2.45) is 0 Å². The van der Waals surface area contributed by atoms with E-state index in [4.69, 9.17) is 9.47 Å². The molecule has 0 fully saturated rings. The first kappa shape index (κ1) is 19.7. The van der Waals surface area contributed by atoms with Crippen LogP contribution in [-0.2, 0) is 9.53 Å². The molecule has 0 aliphatic rings. The Hall–Kier alpha value is -2.63. The second kappa shape index (κ2) is 8.65. The van der Waals surface area contributed by atoms with Crippen LogP contribution in [0.3, 0.4) is 0 Å². The van der Waals surface area contributed by atoms with Gasteiger partial charge in [0.1, 0.15) is 21.7 Å². The van der Waals surface area contributed by atoms with Crippen molar-refractivity contribution in [3.8, 4) is 11.8 Å². The highest BCUT2D eigenvalue weighted by atomic mass is 79.9.